The van der Waals surface area contributed by atoms with Crippen LogP contribution in [0.5, 0.6) is 0 Å². The van der Waals surface area contributed by atoms with Crippen molar-refractivity contribution in [3.05, 3.63) is 54.1 Å². The molecule has 86 valence electrons. The molecule has 0 saturated heterocycles. The van der Waals surface area contributed by atoms with Gasteiger partial charge in [0.15, 0.2) is 0 Å². The molecule has 6 heteroatoms. The predicted octanol–water partition coefficient (Wildman–Crippen LogP) is 0.941. The van der Waals surface area contributed by atoms with Gasteiger partial charge in [-0.25, -0.2) is 9.97 Å². The van der Waals surface area contributed by atoms with E-state index in [4.69, 9.17) is 0 Å². The number of hydrogen-bond donors (Lipinski definition) is 1. The van der Waals surface area contributed by atoms with Crippen LogP contribution in [0.15, 0.2) is 36.9 Å². The zero-order valence-electron chi connectivity index (χ0n) is 8.80. The van der Waals surface area contributed by atoms with Gasteiger partial charge in [-0.1, -0.05) is 6.07 Å². The summed E-state index contributed by atoms with van der Waals surface area (Å²) < 4.78 is 12.5. The first-order chi connectivity index (χ1) is 8.25. The minimum atomic E-state index is -0.547. The summed E-state index contributed by atoms with van der Waals surface area (Å²) in [6, 6.07) is 2.79. The minimum Gasteiger partial charge on any atom is -0.347 e. The molecule has 0 saturated carbocycles. The number of pyridine rings is 1. The second-order valence-electron chi connectivity index (χ2n) is 3.26. The fourth-order valence-electron chi connectivity index (χ4n) is 1.20. The Morgan fingerprint density at radius 1 is 1.24 bits per heavy atom. The predicted molar refractivity (Wildman–Crippen MR) is 57.4 cm³/mol. The third kappa shape index (κ3) is 3.04. The summed E-state index contributed by atoms with van der Waals surface area (Å²) in [5, 5.41) is 2.63. The highest BCUT2D eigenvalue weighted by molar-refractivity contribution is 5.91. The number of carbonyl (C=O) groups excluding carboxylic acids is 1. The molecule has 0 aliphatic rings. The van der Waals surface area contributed by atoms with Gasteiger partial charge in [0.2, 0.25) is 5.95 Å². The van der Waals surface area contributed by atoms with Crippen LogP contribution in [0.25, 0.3) is 0 Å². The summed E-state index contributed by atoms with van der Waals surface area (Å²) in [4.78, 5) is 22.7. The van der Waals surface area contributed by atoms with Crippen molar-refractivity contribution < 1.29 is 9.18 Å². The molecule has 0 bridgehead atoms. The van der Waals surface area contributed by atoms with E-state index in [9.17, 15) is 9.18 Å². The normalized spacial score (nSPS) is 9.94. The summed E-state index contributed by atoms with van der Waals surface area (Å²) in [7, 11) is 0. The highest BCUT2D eigenvalue weighted by Crippen LogP contribution is 1.99. The van der Waals surface area contributed by atoms with Gasteiger partial charge in [-0.3, -0.25) is 9.78 Å². The van der Waals surface area contributed by atoms with E-state index >= 15 is 0 Å². The Morgan fingerprint density at radius 3 is 2.76 bits per heavy atom. The molecule has 0 aliphatic heterocycles. The zero-order valence-corrected chi connectivity index (χ0v) is 8.80. The van der Waals surface area contributed by atoms with E-state index in [1.807, 2.05) is 0 Å². The number of nitrogens with one attached hydrogen (secondary N) is 1. The van der Waals surface area contributed by atoms with Gasteiger partial charge >= 0.3 is 0 Å². The van der Waals surface area contributed by atoms with Gasteiger partial charge in [-0.15, -0.1) is 0 Å². The monoisotopic (exact) mass is 232 g/mol. The molecule has 0 aliphatic carbocycles. The van der Waals surface area contributed by atoms with E-state index < -0.39 is 5.95 Å². The standard InChI is InChI=1S/C11H9FN4O/c12-10-2-1-8(5-15-10)6-16-11(17)9-7-13-3-4-14-9/h1-5,7H,6H2,(H,16,17). The summed E-state index contributed by atoms with van der Waals surface area (Å²) in [5.74, 6) is -0.878. The Balaban J connectivity index is 1.95. The molecule has 17 heavy (non-hydrogen) atoms. The molecule has 2 rings (SSSR count). The van der Waals surface area contributed by atoms with Crippen molar-refractivity contribution in [2.45, 2.75) is 6.54 Å². The number of halogens is 1. The van der Waals surface area contributed by atoms with E-state index in [1.165, 1.54) is 30.9 Å². The maximum Gasteiger partial charge on any atom is 0.271 e. The van der Waals surface area contributed by atoms with Gasteiger partial charge in [0.05, 0.1) is 6.20 Å². The van der Waals surface area contributed by atoms with Gasteiger partial charge in [-0.05, 0) is 11.6 Å². The molecule has 2 heterocycles. The van der Waals surface area contributed by atoms with E-state index in [0.717, 1.165) is 0 Å². The van der Waals surface area contributed by atoms with Gasteiger partial charge in [0.1, 0.15) is 5.69 Å². The lowest BCUT2D eigenvalue weighted by atomic mass is 10.3. The first-order valence-electron chi connectivity index (χ1n) is 4.90. The second-order valence-corrected chi connectivity index (χ2v) is 3.26. The van der Waals surface area contributed by atoms with Crippen LogP contribution in [0, 0.1) is 5.95 Å². The molecule has 0 atom stereocenters. The van der Waals surface area contributed by atoms with Gasteiger partial charge in [0.25, 0.3) is 5.91 Å². The maximum absolute atomic E-state index is 12.5. The van der Waals surface area contributed by atoms with E-state index in [2.05, 4.69) is 20.3 Å². The zero-order chi connectivity index (χ0) is 12.1. The number of nitrogens with zero attached hydrogens (tertiary/aromatic N) is 3. The van der Waals surface area contributed by atoms with Crippen molar-refractivity contribution >= 4 is 5.91 Å². The molecule has 2 aromatic heterocycles. The Morgan fingerprint density at radius 2 is 2.12 bits per heavy atom. The van der Waals surface area contributed by atoms with Crippen LogP contribution in [0.3, 0.4) is 0 Å². The summed E-state index contributed by atoms with van der Waals surface area (Å²) in [6.45, 7) is 0.267. The quantitative estimate of drug-likeness (QED) is 0.800. The first kappa shape index (κ1) is 11.1. The molecule has 1 amide bonds. The Labute approximate surface area is 96.8 Å². The lowest BCUT2D eigenvalue weighted by molar-refractivity contribution is 0.0945. The van der Waals surface area contributed by atoms with Crippen LogP contribution in [0.2, 0.25) is 0 Å². The number of hydrogen-bond acceptors (Lipinski definition) is 4. The smallest absolute Gasteiger partial charge is 0.271 e. The molecular weight excluding hydrogens is 223 g/mol. The van der Waals surface area contributed by atoms with Gasteiger partial charge in [0, 0.05) is 25.1 Å². The summed E-state index contributed by atoms with van der Waals surface area (Å²) in [5.41, 5.74) is 0.950. The molecule has 0 spiro atoms. The maximum atomic E-state index is 12.5. The first-order valence-corrected chi connectivity index (χ1v) is 4.90. The van der Waals surface area contributed by atoms with Crippen molar-refractivity contribution in [1.82, 2.24) is 20.3 Å². The average Bonchev–Trinajstić information content (AvgIpc) is 2.39. The largest absolute Gasteiger partial charge is 0.347 e. The average molecular weight is 232 g/mol. The third-order valence-electron chi connectivity index (χ3n) is 2.04. The number of rotatable bonds is 3. The lowest BCUT2D eigenvalue weighted by Crippen LogP contribution is -2.23. The van der Waals surface area contributed by atoms with E-state index in [-0.39, 0.29) is 18.1 Å². The highest BCUT2D eigenvalue weighted by Gasteiger charge is 2.06. The SMILES string of the molecule is O=C(NCc1ccc(F)nc1)c1cnccn1. The Hall–Kier alpha value is -2.37. The van der Waals surface area contributed by atoms with Crippen molar-refractivity contribution in [3.8, 4) is 0 Å². The highest BCUT2D eigenvalue weighted by atomic mass is 19.1. The molecular formula is C11H9FN4O. The van der Waals surface area contributed by atoms with Gasteiger partial charge in [-0.2, -0.15) is 4.39 Å². The molecule has 0 unspecified atom stereocenters. The molecule has 0 aromatic carbocycles. The van der Waals surface area contributed by atoms with Crippen LogP contribution in [-0.4, -0.2) is 20.9 Å². The van der Waals surface area contributed by atoms with Crippen molar-refractivity contribution in [2.75, 3.05) is 0 Å². The Bertz CT molecular complexity index is 501. The summed E-state index contributed by atoms with van der Waals surface area (Å²) >= 11 is 0. The lowest BCUT2D eigenvalue weighted by Gasteiger charge is -2.03. The topological polar surface area (TPSA) is 67.8 Å². The van der Waals surface area contributed by atoms with Crippen LogP contribution < -0.4 is 5.32 Å². The van der Waals surface area contributed by atoms with E-state index in [1.54, 1.807) is 6.07 Å². The van der Waals surface area contributed by atoms with Crippen LogP contribution in [-0.2, 0) is 6.54 Å². The molecule has 5 nitrogen and oxygen atoms in total. The van der Waals surface area contributed by atoms with Crippen molar-refractivity contribution in [3.63, 3.8) is 0 Å². The minimum absolute atomic E-state index is 0.238. The number of amides is 1. The molecule has 0 fully saturated rings. The number of aromatic nitrogens is 3. The van der Waals surface area contributed by atoms with Crippen LogP contribution >= 0.6 is 0 Å². The fourth-order valence-corrected chi connectivity index (χ4v) is 1.20. The molecule has 0 radical (unpaired) electrons. The fraction of sp³-hybridized carbons (Fsp3) is 0.0909. The van der Waals surface area contributed by atoms with Crippen LogP contribution in [0.4, 0.5) is 4.39 Å². The Kier molecular flexibility index (Phi) is 3.34. The molecule has 1 N–H and O–H groups in total. The van der Waals surface area contributed by atoms with Crippen molar-refractivity contribution in [1.29, 1.82) is 0 Å². The number of carbonyl (C=O) groups is 1. The molecule has 2 aromatic rings. The van der Waals surface area contributed by atoms with Crippen LogP contribution in [0.1, 0.15) is 16.1 Å². The van der Waals surface area contributed by atoms with Gasteiger partial charge < -0.3 is 5.32 Å². The van der Waals surface area contributed by atoms with E-state index in [0.29, 0.717) is 5.56 Å². The summed E-state index contributed by atoms with van der Waals surface area (Å²) in [6.07, 6.45) is 5.67. The third-order valence-corrected chi connectivity index (χ3v) is 2.04. The van der Waals surface area contributed by atoms with Crippen molar-refractivity contribution in [2.24, 2.45) is 0 Å². The second kappa shape index (κ2) is 5.11.